The van der Waals surface area contributed by atoms with Crippen molar-refractivity contribution in [1.29, 1.82) is 5.41 Å². The molecule has 0 saturated carbocycles. The number of carbonyl (C=O) groups excluding carboxylic acids is 1. The first-order valence-corrected chi connectivity index (χ1v) is 7.97. The summed E-state index contributed by atoms with van der Waals surface area (Å²) in [6.45, 7) is 0.540. The molecule has 0 atom stereocenters. The molecule has 0 unspecified atom stereocenters. The third kappa shape index (κ3) is 3.63. The first-order chi connectivity index (χ1) is 12.1. The molecule has 6 heteroatoms. The van der Waals surface area contributed by atoms with Gasteiger partial charge in [0.2, 0.25) is 0 Å². The summed E-state index contributed by atoms with van der Waals surface area (Å²) in [6, 6.07) is 17.5. The normalized spacial score (nSPS) is 10.6. The summed E-state index contributed by atoms with van der Waals surface area (Å²) in [5.41, 5.74) is 7.71. The first-order valence-electron chi connectivity index (χ1n) is 7.97. The molecule has 4 N–H and O–H groups in total. The number of nitrogens with two attached hydrogens (primary N) is 1. The number of para-hydroxylation sites is 1. The van der Waals surface area contributed by atoms with Crippen LogP contribution in [0.1, 0.15) is 16.1 Å². The summed E-state index contributed by atoms with van der Waals surface area (Å²) in [4.78, 5) is 16.5. The molecule has 1 aromatic heterocycles. The molecule has 0 spiro atoms. The SMILES string of the molecule is CN(C(=N)N)C(=O)c1cc2cccc(OCCc3ccccc3)c2[nH]1. The van der Waals surface area contributed by atoms with Gasteiger partial charge in [0.05, 0.1) is 12.1 Å². The quantitative estimate of drug-likeness (QED) is 0.494. The molecule has 128 valence electrons. The molecule has 0 aliphatic heterocycles. The maximum atomic E-state index is 12.3. The second kappa shape index (κ2) is 7.09. The average Bonchev–Trinajstić information content (AvgIpc) is 3.06. The second-order valence-electron chi connectivity index (χ2n) is 5.74. The molecule has 0 bridgehead atoms. The number of guanidine groups is 1. The van der Waals surface area contributed by atoms with E-state index in [0.717, 1.165) is 22.2 Å². The minimum Gasteiger partial charge on any atom is -0.491 e. The van der Waals surface area contributed by atoms with Gasteiger partial charge in [-0.3, -0.25) is 15.1 Å². The summed E-state index contributed by atoms with van der Waals surface area (Å²) < 4.78 is 5.90. The number of amides is 1. The van der Waals surface area contributed by atoms with Gasteiger partial charge in [0, 0.05) is 18.9 Å². The first kappa shape index (κ1) is 16.6. The van der Waals surface area contributed by atoms with Crippen LogP contribution in [0.3, 0.4) is 0 Å². The van der Waals surface area contributed by atoms with Gasteiger partial charge in [0.1, 0.15) is 11.4 Å². The van der Waals surface area contributed by atoms with E-state index in [-0.39, 0.29) is 11.9 Å². The van der Waals surface area contributed by atoms with E-state index in [1.54, 1.807) is 6.07 Å². The van der Waals surface area contributed by atoms with Gasteiger partial charge < -0.3 is 15.5 Å². The van der Waals surface area contributed by atoms with Crippen molar-refractivity contribution in [1.82, 2.24) is 9.88 Å². The maximum absolute atomic E-state index is 12.3. The smallest absolute Gasteiger partial charge is 0.276 e. The van der Waals surface area contributed by atoms with Gasteiger partial charge in [-0.1, -0.05) is 42.5 Å². The van der Waals surface area contributed by atoms with Crippen molar-refractivity contribution >= 4 is 22.8 Å². The molecular weight excluding hydrogens is 316 g/mol. The largest absolute Gasteiger partial charge is 0.491 e. The molecule has 1 amide bonds. The lowest BCUT2D eigenvalue weighted by Crippen LogP contribution is -2.38. The number of nitrogens with one attached hydrogen (secondary N) is 2. The number of nitrogens with zero attached hydrogens (tertiary/aromatic N) is 1. The van der Waals surface area contributed by atoms with Gasteiger partial charge in [-0.25, -0.2) is 0 Å². The zero-order valence-electron chi connectivity index (χ0n) is 14.0. The van der Waals surface area contributed by atoms with Gasteiger partial charge in [-0.05, 0) is 17.7 Å². The molecule has 0 aliphatic carbocycles. The molecule has 1 heterocycles. The van der Waals surface area contributed by atoms with E-state index in [2.05, 4.69) is 17.1 Å². The van der Waals surface area contributed by atoms with Gasteiger partial charge in [-0.2, -0.15) is 0 Å². The van der Waals surface area contributed by atoms with Crippen molar-refractivity contribution in [2.24, 2.45) is 5.73 Å². The molecule has 0 fully saturated rings. The number of benzene rings is 2. The fourth-order valence-electron chi connectivity index (χ4n) is 2.58. The van der Waals surface area contributed by atoms with Crippen LogP contribution in [0.25, 0.3) is 10.9 Å². The van der Waals surface area contributed by atoms with E-state index in [1.165, 1.54) is 12.6 Å². The van der Waals surface area contributed by atoms with E-state index in [9.17, 15) is 4.79 Å². The fraction of sp³-hybridized carbons (Fsp3) is 0.158. The molecule has 0 aliphatic rings. The number of aromatic amines is 1. The van der Waals surface area contributed by atoms with Gasteiger partial charge in [-0.15, -0.1) is 0 Å². The Hall–Kier alpha value is -3.28. The minimum absolute atomic E-state index is 0.303. The third-order valence-corrected chi connectivity index (χ3v) is 4.01. The number of ether oxygens (including phenoxy) is 1. The molecule has 25 heavy (non-hydrogen) atoms. The third-order valence-electron chi connectivity index (χ3n) is 4.01. The monoisotopic (exact) mass is 336 g/mol. The van der Waals surface area contributed by atoms with Crippen molar-refractivity contribution < 1.29 is 9.53 Å². The van der Waals surface area contributed by atoms with E-state index < -0.39 is 0 Å². The number of aromatic nitrogens is 1. The van der Waals surface area contributed by atoms with Crippen LogP contribution in [-0.4, -0.2) is 35.4 Å². The highest BCUT2D eigenvalue weighted by Crippen LogP contribution is 2.26. The van der Waals surface area contributed by atoms with Crippen molar-refractivity contribution in [2.45, 2.75) is 6.42 Å². The molecular formula is C19H20N4O2. The van der Waals surface area contributed by atoms with Crippen LogP contribution in [0.4, 0.5) is 0 Å². The van der Waals surface area contributed by atoms with E-state index in [4.69, 9.17) is 15.9 Å². The Morgan fingerprint density at radius 2 is 1.96 bits per heavy atom. The van der Waals surface area contributed by atoms with Crippen LogP contribution in [0.5, 0.6) is 5.75 Å². The Labute approximate surface area is 145 Å². The highest BCUT2D eigenvalue weighted by Gasteiger charge is 2.17. The lowest BCUT2D eigenvalue weighted by molar-refractivity contribution is 0.0864. The minimum atomic E-state index is -0.362. The van der Waals surface area contributed by atoms with Gasteiger partial charge >= 0.3 is 0 Å². The standard InChI is InChI=1S/C19H20N4O2/c1-23(19(20)21)18(24)15-12-14-8-5-9-16(17(14)22-15)25-11-10-13-6-3-2-4-7-13/h2-9,12,22H,10-11H2,1H3,(H3,20,21). The molecule has 3 rings (SSSR count). The van der Waals surface area contributed by atoms with Gasteiger partial charge in [0.25, 0.3) is 5.91 Å². The zero-order valence-corrected chi connectivity index (χ0v) is 14.0. The fourth-order valence-corrected chi connectivity index (χ4v) is 2.58. The number of H-pyrrole nitrogens is 1. The summed E-state index contributed by atoms with van der Waals surface area (Å²) in [7, 11) is 1.47. The topological polar surface area (TPSA) is 95.2 Å². The number of fused-ring (bicyclic) bond motifs is 1. The molecule has 6 nitrogen and oxygen atoms in total. The maximum Gasteiger partial charge on any atom is 0.276 e. The predicted molar refractivity (Wildman–Crippen MR) is 97.9 cm³/mol. The van der Waals surface area contributed by atoms with Crippen molar-refractivity contribution in [3.8, 4) is 5.75 Å². The van der Waals surface area contributed by atoms with Crippen molar-refractivity contribution in [3.63, 3.8) is 0 Å². The van der Waals surface area contributed by atoms with E-state index in [1.807, 2.05) is 36.4 Å². The number of carbonyl (C=O) groups is 1. The lowest BCUT2D eigenvalue weighted by Gasteiger charge is -2.12. The van der Waals surface area contributed by atoms with E-state index >= 15 is 0 Å². The van der Waals surface area contributed by atoms with Crippen LogP contribution in [0.15, 0.2) is 54.6 Å². The Morgan fingerprint density at radius 1 is 1.20 bits per heavy atom. The molecule has 0 radical (unpaired) electrons. The number of hydrogen-bond acceptors (Lipinski definition) is 3. The highest BCUT2D eigenvalue weighted by molar-refractivity contribution is 6.06. The van der Waals surface area contributed by atoms with Gasteiger partial charge in [0.15, 0.2) is 5.96 Å². The van der Waals surface area contributed by atoms with Crippen molar-refractivity contribution in [3.05, 3.63) is 65.9 Å². The van der Waals surface area contributed by atoms with Crippen LogP contribution in [-0.2, 0) is 6.42 Å². The van der Waals surface area contributed by atoms with Crippen LogP contribution < -0.4 is 10.5 Å². The van der Waals surface area contributed by atoms with Crippen molar-refractivity contribution in [2.75, 3.05) is 13.7 Å². The summed E-state index contributed by atoms with van der Waals surface area (Å²) in [5, 5.41) is 8.25. The number of rotatable bonds is 5. The number of hydrogen-bond donors (Lipinski definition) is 3. The lowest BCUT2D eigenvalue weighted by atomic mass is 10.2. The Balaban J connectivity index is 1.77. The predicted octanol–water partition coefficient (Wildman–Crippen LogP) is 2.75. The second-order valence-corrected chi connectivity index (χ2v) is 5.74. The van der Waals surface area contributed by atoms with E-state index in [0.29, 0.717) is 18.1 Å². The molecule has 3 aromatic rings. The van der Waals surface area contributed by atoms with Crippen LogP contribution >= 0.6 is 0 Å². The Kier molecular flexibility index (Phi) is 4.70. The zero-order chi connectivity index (χ0) is 17.8. The highest BCUT2D eigenvalue weighted by atomic mass is 16.5. The molecule has 0 saturated heterocycles. The molecule has 2 aromatic carbocycles. The summed E-state index contributed by atoms with van der Waals surface area (Å²) in [5.74, 6) is 0.0277. The summed E-state index contributed by atoms with van der Waals surface area (Å²) in [6.07, 6.45) is 0.802. The average molecular weight is 336 g/mol. The Morgan fingerprint density at radius 3 is 2.68 bits per heavy atom. The van der Waals surface area contributed by atoms with Crippen LogP contribution in [0, 0.1) is 5.41 Å². The van der Waals surface area contributed by atoms with Crippen LogP contribution in [0.2, 0.25) is 0 Å². The summed E-state index contributed by atoms with van der Waals surface area (Å²) >= 11 is 0. The Bertz CT molecular complexity index is 902.